The summed E-state index contributed by atoms with van der Waals surface area (Å²) in [5, 5.41) is 16.2. The van der Waals surface area contributed by atoms with Crippen LogP contribution in [0.1, 0.15) is 122 Å². The molecular formula is C35H54N6O8. The van der Waals surface area contributed by atoms with E-state index in [-0.39, 0.29) is 47.8 Å². The predicted octanol–water partition coefficient (Wildman–Crippen LogP) is 2.23. The Kier molecular flexibility index (Phi) is 13.2. The van der Waals surface area contributed by atoms with E-state index >= 15 is 0 Å². The minimum absolute atomic E-state index is 0.0139. The molecule has 0 aliphatic heterocycles. The largest absolute Gasteiger partial charge is 0.373 e. The van der Waals surface area contributed by atoms with Crippen LogP contribution in [0.3, 0.4) is 0 Å². The molecular weight excluding hydrogens is 632 g/mol. The molecule has 4 rings (SSSR count). The van der Waals surface area contributed by atoms with Crippen LogP contribution in [0, 0.1) is 23.2 Å². The summed E-state index contributed by atoms with van der Waals surface area (Å²) in [6.07, 6.45) is 9.77. The van der Waals surface area contributed by atoms with Crippen molar-refractivity contribution in [1.82, 2.24) is 31.7 Å². The Labute approximate surface area is 287 Å². The topological polar surface area (TPSA) is 209 Å². The van der Waals surface area contributed by atoms with Crippen molar-refractivity contribution in [3.8, 4) is 0 Å². The van der Waals surface area contributed by atoms with Gasteiger partial charge in [0.15, 0.2) is 0 Å². The molecule has 1 aromatic rings. The van der Waals surface area contributed by atoms with E-state index in [1.165, 1.54) is 0 Å². The van der Waals surface area contributed by atoms with Gasteiger partial charge in [-0.2, -0.15) is 5.16 Å². The number of carbonyl (C=O) groups is 6. The van der Waals surface area contributed by atoms with Gasteiger partial charge in [0.1, 0.15) is 12.1 Å². The number of H-pyrrole nitrogens is 1. The number of rotatable bonds is 16. The first-order valence-electron chi connectivity index (χ1n) is 18.0. The Hall–Kier alpha value is -3.97. The van der Waals surface area contributed by atoms with Gasteiger partial charge < -0.3 is 31.1 Å². The molecule has 1 heterocycles. The molecule has 14 nitrogen and oxygen atoms in total. The zero-order valence-corrected chi connectivity index (χ0v) is 29.3. The molecule has 3 fully saturated rings. The summed E-state index contributed by atoms with van der Waals surface area (Å²) in [6, 6.07) is -1.63. The first-order valence-corrected chi connectivity index (χ1v) is 18.0. The average molecular weight is 687 g/mol. The third-order valence-corrected chi connectivity index (χ3v) is 10.0. The van der Waals surface area contributed by atoms with E-state index in [1.54, 1.807) is 0 Å². The molecule has 3 aliphatic rings. The highest BCUT2D eigenvalue weighted by Crippen LogP contribution is 2.34. The monoisotopic (exact) mass is 686 g/mol. The van der Waals surface area contributed by atoms with Crippen LogP contribution in [0.5, 0.6) is 0 Å². The number of aromatic amines is 1. The van der Waals surface area contributed by atoms with Crippen LogP contribution in [-0.2, 0) is 24.0 Å². The second kappa shape index (κ2) is 17.1. The zero-order chi connectivity index (χ0) is 35.7. The average Bonchev–Trinajstić information content (AvgIpc) is 3.58. The van der Waals surface area contributed by atoms with Crippen molar-refractivity contribution in [3.05, 3.63) is 22.2 Å². The minimum atomic E-state index is -0.924. The number of nitrogens with one attached hydrogen (secondary N) is 6. The highest BCUT2D eigenvalue weighted by atomic mass is 16.5. The number of aromatic nitrogens is 1. The van der Waals surface area contributed by atoms with E-state index in [0.717, 1.165) is 70.3 Å². The Morgan fingerprint density at radius 2 is 1.57 bits per heavy atom. The van der Waals surface area contributed by atoms with E-state index in [4.69, 9.17) is 4.52 Å². The highest BCUT2D eigenvalue weighted by molar-refractivity contribution is 6.38. The normalized spacial score (nSPS) is 21.6. The van der Waals surface area contributed by atoms with E-state index in [9.17, 15) is 33.6 Å². The number of amides is 5. The Bertz CT molecular complexity index is 1400. The second-order valence-electron chi connectivity index (χ2n) is 15.2. The molecule has 49 heavy (non-hydrogen) atoms. The van der Waals surface area contributed by atoms with Crippen molar-refractivity contribution in [2.45, 2.75) is 135 Å². The fraction of sp³-hybridized carbons (Fsp3) is 0.743. The third-order valence-electron chi connectivity index (χ3n) is 10.0. The molecule has 0 spiro atoms. The molecule has 0 unspecified atom stereocenters. The van der Waals surface area contributed by atoms with Crippen LogP contribution in [0.15, 0.2) is 15.4 Å². The molecule has 0 saturated heterocycles. The van der Waals surface area contributed by atoms with Gasteiger partial charge in [-0.3, -0.25) is 33.6 Å². The van der Waals surface area contributed by atoms with Crippen molar-refractivity contribution in [3.63, 3.8) is 0 Å². The summed E-state index contributed by atoms with van der Waals surface area (Å²) >= 11 is 0. The van der Waals surface area contributed by atoms with E-state index in [1.807, 2.05) is 27.7 Å². The van der Waals surface area contributed by atoms with E-state index in [2.05, 4.69) is 31.7 Å². The maximum absolute atomic E-state index is 13.8. The molecule has 14 heteroatoms. The first-order chi connectivity index (χ1) is 23.3. The minimum Gasteiger partial charge on any atom is -0.373 e. The lowest BCUT2D eigenvalue weighted by atomic mass is 9.82. The molecule has 3 aliphatic carbocycles. The Morgan fingerprint density at radius 1 is 0.878 bits per heavy atom. The van der Waals surface area contributed by atoms with Crippen LogP contribution in [0.2, 0.25) is 0 Å². The number of Topliss-reactive ketones (excluding diaryl/α,β-unsaturated/α-hetero) is 1. The van der Waals surface area contributed by atoms with Crippen LogP contribution < -0.4 is 32.1 Å². The lowest BCUT2D eigenvalue weighted by Gasteiger charge is -2.35. The van der Waals surface area contributed by atoms with Crippen LogP contribution in [0.4, 0.5) is 0 Å². The Morgan fingerprint density at radius 3 is 2.18 bits per heavy atom. The van der Waals surface area contributed by atoms with Crippen LogP contribution in [0.25, 0.3) is 0 Å². The molecule has 0 aromatic carbocycles. The van der Waals surface area contributed by atoms with Gasteiger partial charge in [0.05, 0.1) is 12.1 Å². The van der Waals surface area contributed by atoms with Crippen LogP contribution in [-0.4, -0.2) is 71.2 Å². The van der Waals surface area contributed by atoms with E-state index in [0.29, 0.717) is 19.4 Å². The van der Waals surface area contributed by atoms with Gasteiger partial charge in [0.25, 0.3) is 17.4 Å². The van der Waals surface area contributed by atoms with Crippen LogP contribution >= 0.6 is 0 Å². The smallest absolute Gasteiger partial charge is 0.290 e. The SMILES string of the molecule is CCC[C@H](NC(=O)C[C@H]1CCC[C@H]1CNC(=O)[C@@H](NC(=O)[C@@H](NC(=O)c1cc(=O)[nH]o1)C1CCCCC1)C(C)(C)C)C(=O)C(=O)NC1CC1. The quantitative estimate of drug-likeness (QED) is 0.142. The molecule has 272 valence electrons. The lowest BCUT2D eigenvalue weighted by molar-refractivity contribution is -0.140. The molecule has 1 aromatic heterocycles. The second-order valence-corrected chi connectivity index (χ2v) is 15.2. The number of hydrogen-bond acceptors (Lipinski definition) is 8. The first kappa shape index (κ1) is 37.8. The molecule has 5 amide bonds. The van der Waals surface area contributed by atoms with Crippen molar-refractivity contribution < 1.29 is 33.3 Å². The number of carbonyl (C=O) groups excluding carboxylic acids is 6. The van der Waals surface area contributed by atoms with Gasteiger partial charge in [-0.05, 0) is 68.1 Å². The third kappa shape index (κ3) is 11.0. The van der Waals surface area contributed by atoms with Gasteiger partial charge in [0.2, 0.25) is 29.3 Å². The van der Waals surface area contributed by atoms with Gasteiger partial charge in [-0.25, -0.2) is 0 Å². The molecule has 0 radical (unpaired) electrons. The molecule has 3 saturated carbocycles. The van der Waals surface area contributed by atoms with Gasteiger partial charge >= 0.3 is 0 Å². The van der Waals surface area contributed by atoms with Gasteiger partial charge in [-0.15, -0.1) is 0 Å². The Balaban J connectivity index is 1.35. The van der Waals surface area contributed by atoms with E-state index < -0.39 is 52.6 Å². The summed E-state index contributed by atoms with van der Waals surface area (Å²) in [7, 11) is 0. The standard InChI is InChI=1S/C35H54N6O8/c1-5-10-24(29(44)33(47)37-23-15-16-23)38-26(42)17-21-13-9-14-22(21)19-36-34(48)30(35(2,3)4)40-32(46)28(20-11-7-6-8-12-20)39-31(45)25-18-27(43)41-49-25/h18,20-24,28,30H,5-17,19H2,1-4H3,(H,36,48)(H,37,47)(H,38,42)(H,39,45)(H,40,46)(H,41,43)/t21-,22+,24+,28+,30-/m1/s1. The summed E-state index contributed by atoms with van der Waals surface area (Å²) in [4.78, 5) is 90.0. The maximum Gasteiger partial charge on any atom is 0.290 e. The van der Waals surface area contributed by atoms with Crippen molar-refractivity contribution in [2.24, 2.45) is 23.2 Å². The van der Waals surface area contributed by atoms with Crippen molar-refractivity contribution >= 4 is 35.3 Å². The fourth-order valence-electron chi connectivity index (χ4n) is 7.06. The van der Waals surface area contributed by atoms with Gasteiger partial charge in [0, 0.05) is 19.0 Å². The maximum atomic E-state index is 13.8. The summed E-state index contributed by atoms with van der Waals surface area (Å²) in [6.45, 7) is 7.76. The fourth-order valence-corrected chi connectivity index (χ4v) is 7.06. The molecule has 6 N–H and O–H groups in total. The summed E-state index contributed by atoms with van der Waals surface area (Å²) in [5.41, 5.74) is -1.24. The number of hydrogen-bond donors (Lipinski definition) is 6. The van der Waals surface area contributed by atoms with Crippen molar-refractivity contribution in [2.75, 3.05) is 6.54 Å². The van der Waals surface area contributed by atoms with Gasteiger partial charge in [-0.1, -0.05) is 59.8 Å². The molecule has 5 atom stereocenters. The highest BCUT2D eigenvalue weighted by Gasteiger charge is 2.39. The molecule has 0 bridgehead atoms. The predicted molar refractivity (Wildman–Crippen MR) is 180 cm³/mol. The zero-order valence-electron chi connectivity index (χ0n) is 29.3. The number of ketones is 1. The summed E-state index contributed by atoms with van der Waals surface area (Å²) < 4.78 is 4.94. The van der Waals surface area contributed by atoms with Crippen molar-refractivity contribution in [1.29, 1.82) is 0 Å². The summed E-state index contributed by atoms with van der Waals surface area (Å²) in [5.74, 6) is -3.45. The lowest BCUT2D eigenvalue weighted by Crippen LogP contribution is -2.59.